The van der Waals surface area contributed by atoms with Gasteiger partial charge in [-0.1, -0.05) is 31.9 Å². The van der Waals surface area contributed by atoms with Crippen molar-refractivity contribution in [2.75, 3.05) is 0 Å². The monoisotopic (exact) mass is 257 g/mol. The van der Waals surface area contributed by atoms with Crippen molar-refractivity contribution in [1.29, 1.82) is 0 Å². The van der Waals surface area contributed by atoms with E-state index in [9.17, 15) is 4.79 Å². The molecule has 16 heavy (non-hydrogen) atoms. The molecule has 2 nitrogen and oxygen atoms in total. The highest BCUT2D eigenvalue weighted by molar-refractivity contribution is 7.97. The number of hydrogen-bond donors (Lipinski definition) is 1. The number of carbonyl (C=O) groups is 1. The van der Waals surface area contributed by atoms with Crippen molar-refractivity contribution in [3.63, 3.8) is 0 Å². The van der Waals surface area contributed by atoms with E-state index in [0.717, 1.165) is 22.6 Å². The van der Waals surface area contributed by atoms with Crippen LogP contribution in [0.5, 0.6) is 0 Å². The van der Waals surface area contributed by atoms with Gasteiger partial charge in [0, 0.05) is 9.92 Å². The SMILES string of the molecule is CC[C@H](C)C(C=O)NSc1ccc(Cl)cc1. The number of benzene rings is 1. The van der Waals surface area contributed by atoms with Gasteiger partial charge in [0.1, 0.15) is 6.29 Å². The van der Waals surface area contributed by atoms with E-state index < -0.39 is 0 Å². The molecule has 0 amide bonds. The second-order valence-electron chi connectivity index (χ2n) is 3.72. The van der Waals surface area contributed by atoms with Crippen LogP contribution in [0.25, 0.3) is 0 Å². The zero-order valence-corrected chi connectivity index (χ0v) is 11.0. The number of nitrogens with one attached hydrogen (secondary N) is 1. The molecule has 0 fully saturated rings. The minimum Gasteiger partial charge on any atom is -0.302 e. The van der Waals surface area contributed by atoms with Crippen LogP contribution in [0.1, 0.15) is 20.3 Å². The molecule has 0 aromatic heterocycles. The van der Waals surface area contributed by atoms with Crippen molar-refractivity contribution in [2.24, 2.45) is 5.92 Å². The molecule has 0 spiro atoms. The van der Waals surface area contributed by atoms with Gasteiger partial charge in [0.15, 0.2) is 0 Å². The fourth-order valence-corrected chi connectivity index (χ4v) is 2.13. The molecular weight excluding hydrogens is 242 g/mol. The van der Waals surface area contributed by atoms with Gasteiger partial charge in [-0.15, -0.1) is 0 Å². The summed E-state index contributed by atoms with van der Waals surface area (Å²) in [4.78, 5) is 11.9. The molecule has 1 aromatic rings. The lowest BCUT2D eigenvalue weighted by molar-refractivity contribution is -0.110. The van der Waals surface area contributed by atoms with E-state index in [2.05, 4.69) is 18.6 Å². The molecule has 1 N–H and O–H groups in total. The summed E-state index contributed by atoms with van der Waals surface area (Å²) in [5.74, 6) is 0.345. The molecule has 88 valence electrons. The van der Waals surface area contributed by atoms with E-state index in [0.29, 0.717) is 5.92 Å². The molecule has 0 aliphatic heterocycles. The molecule has 4 heteroatoms. The van der Waals surface area contributed by atoms with E-state index in [-0.39, 0.29) is 6.04 Å². The van der Waals surface area contributed by atoms with Crippen LogP contribution in [0.3, 0.4) is 0 Å². The quantitative estimate of drug-likeness (QED) is 0.624. The first kappa shape index (κ1) is 13.6. The molecule has 0 saturated heterocycles. The van der Waals surface area contributed by atoms with Gasteiger partial charge >= 0.3 is 0 Å². The van der Waals surface area contributed by atoms with Crippen molar-refractivity contribution in [3.05, 3.63) is 29.3 Å². The Morgan fingerprint density at radius 1 is 1.44 bits per heavy atom. The predicted molar refractivity (Wildman–Crippen MR) is 69.8 cm³/mol. The van der Waals surface area contributed by atoms with E-state index in [1.807, 2.05) is 24.3 Å². The predicted octanol–water partition coefficient (Wildman–Crippen LogP) is 3.55. The molecule has 2 atom stereocenters. The molecule has 1 aromatic carbocycles. The van der Waals surface area contributed by atoms with E-state index in [1.165, 1.54) is 11.9 Å². The fourth-order valence-electron chi connectivity index (χ4n) is 1.17. The standard InChI is InChI=1S/C12H16ClNOS/c1-3-9(2)12(8-15)14-16-11-6-4-10(13)5-7-11/h4-9,12,14H,3H2,1-2H3/t9-,12?/m0/s1. The normalized spacial score (nSPS) is 14.4. The van der Waals surface area contributed by atoms with Gasteiger partial charge in [-0.25, -0.2) is 4.72 Å². The second kappa shape index (κ2) is 6.94. The molecule has 1 rings (SSSR count). The van der Waals surface area contributed by atoms with Crippen LogP contribution in [0.2, 0.25) is 5.02 Å². The van der Waals surface area contributed by atoms with Crippen LogP contribution >= 0.6 is 23.5 Å². The van der Waals surface area contributed by atoms with Crippen LogP contribution < -0.4 is 4.72 Å². The zero-order chi connectivity index (χ0) is 12.0. The number of halogens is 1. The number of hydrogen-bond acceptors (Lipinski definition) is 3. The Kier molecular flexibility index (Phi) is 5.88. The number of rotatable bonds is 6. The van der Waals surface area contributed by atoms with Gasteiger partial charge in [0.2, 0.25) is 0 Å². The first-order valence-corrected chi connectivity index (χ1v) is 6.50. The van der Waals surface area contributed by atoms with Crippen LogP contribution in [0, 0.1) is 5.92 Å². The summed E-state index contributed by atoms with van der Waals surface area (Å²) < 4.78 is 3.16. The lowest BCUT2D eigenvalue weighted by atomic mass is 10.0. The van der Waals surface area contributed by atoms with Crippen LogP contribution in [0.4, 0.5) is 0 Å². The van der Waals surface area contributed by atoms with Crippen molar-refractivity contribution in [3.8, 4) is 0 Å². The Hall–Kier alpha value is -0.510. The van der Waals surface area contributed by atoms with Gasteiger partial charge in [-0.3, -0.25) is 0 Å². The molecule has 0 heterocycles. The molecular formula is C12H16ClNOS. The first-order valence-electron chi connectivity index (χ1n) is 5.30. The maximum atomic E-state index is 10.9. The summed E-state index contributed by atoms with van der Waals surface area (Å²) in [7, 11) is 0. The smallest absolute Gasteiger partial charge is 0.138 e. The Morgan fingerprint density at radius 3 is 2.56 bits per heavy atom. The molecule has 0 radical (unpaired) electrons. The largest absolute Gasteiger partial charge is 0.302 e. The number of aldehydes is 1. The summed E-state index contributed by atoms with van der Waals surface area (Å²) in [6.45, 7) is 4.14. The van der Waals surface area contributed by atoms with Gasteiger partial charge in [-0.05, 0) is 42.1 Å². The fraction of sp³-hybridized carbons (Fsp3) is 0.417. The van der Waals surface area contributed by atoms with Gasteiger partial charge in [-0.2, -0.15) is 0 Å². The third-order valence-corrected chi connectivity index (χ3v) is 3.68. The number of carbonyl (C=O) groups excluding carboxylic acids is 1. The third kappa shape index (κ3) is 4.16. The Bertz CT molecular complexity index is 328. The minimum absolute atomic E-state index is 0.106. The van der Waals surface area contributed by atoms with Crippen molar-refractivity contribution >= 4 is 29.8 Å². The minimum atomic E-state index is -0.106. The molecule has 0 saturated carbocycles. The lowest BCUT2D eigenvalue weighted by Crippen LogP contribution is -2.31. The summed E-state index contributed by atoms with van der Waals surface area (Å²) in [5.41, 5.74) is 0. The summed E-state index contributed by atoms with van der Waals surface area (Å²) in [5, 5.41) is 0.721. The molecule has 0 aliphatic carbocycles. The van der Waals surface area contributed by atoms with E-state index in [1.54, 1.807) is 0 Å². The average molecular weight is 258 g/mol. The topological polar surface area (TPSA) is 29.1 Å². The van der Waals surface area contributed by atoms with Gasteiger partial charge < -0.3 is 4.79 Å². The first-order chi connectivity index (χ1) is 7.67. The lowest BCUT2D eigenvalue weighted by Gasteiger charge is -2.17. The highest BCUT2D eigenvalue weighted by atomic mass is 35.5. The van der Waals surface area contributed by atoms with Crippen LogP contribution in [-0.2, 0) is 4.79 Å². The van der Waals surface area contributed by atoms with Gasteiger partial charge in [0.25, 0.3) is 0 Å². The molecule has 1 unspecified atom stereocenters. The highest BCUT2D eigenvalue weighted by Gasteiger charge is 2.14. The molecule has 0 aliphatic rings. The van der Waals surface area contributed by atoms with E-state index >= 15 is 0 Å². The van der Waals surface area contributed by atoms with Crippen LogP contribution in [-0.4, -0.2) is 12.3 Å². The maximum Gasteiger partial charge on any atom is 0.138 e. The third-order valence-electron chi connectivity index (χ3n) is 2.53. The van der Waals surface area contributed by atoms with Crippen LogP contribution in [0.15, 0.2) is 29.2 Å². The van der Waals surface area contributed by atoms with Crippen molar-refractivity contribution in [1.82, 2.24) is 4.72 Å². The average Bonchev–Trinajstić information content (AvgIpc) is 2.31. The zero-order valence-electron chi connectivity index (χ0n) is 9.44. The maximum absolute atomic E-state index is 10.9. The second-order valence-corrected chi connectivity index (χ2v) is 5.07. The Balaban J connectivity index is 2.49. The Morgan fingerprint density at radius 2 is 2.06 bits per heavy atom. The summed E-state index contributed by atoms with van der Waals surface area (Å²) >= 11 is 7.25. The summed E-state index contributed by atoms with van der Waals surface area (Å²) in [6.07, 6.45) is 1.95. The van der Waals surface area contributed by atoms with E-state index in [4.69, 9.17) is 11.6 Å². The molecule has 0 bridgehead atoms. The highest BCUT2D eigenvalue weighted by Crippen LogP contribution is 2.19. The van der Waals surface area contributed by atoms with Crippen molar-refractivity contribution in [2.45, 2.75) is 31.2 Å². The Labute approximate surface area is 106 Å². The van der Waals surface area contributed by atoms with Crippen molar-refractivity contribution < 1.29 is 4.79 Å². The van der Waals surface area contributed by atoms with Gasteiger partial charge in [0.05, 0.1) is 6.04 Å². The summed E-state index contributed by atoms with van der Waals surface area (Å²) in [6, 6.07) is 7.43.